The Morgan fingerprint density at radius 2 is 1.84 bits per heavy atom. The summed E-state index contributed by atoms with van der Waals surface area (Å²) >= 11 is 4.79. The minimum Gasteiger partial charge on any atom is -0.389 e. The molecule has 0 spiro atoms. The van der Waals surface area contributed by atoms with Crippen molar-refractivity contribution >= 4 is 22.9 Å². The van der Waals surface area contributed by atoms with Crippen molar-refractivity contribution in [2.24, 2.45) is 11.1 Å². The van der Waals surface area contributed by atoms with E-state index in [-0.39, 0.29) is 27.3 Å². The van der Waals surface area contributed by atoms with Crippen LogP contribution >= 0.6 is 12.2 Å². The number of benzene rings is 1. The van der Waals surface area contributed by atoms with Gasteiger partial charge in [-0.05, 0) is 43.9 Å². The molecule has 0 heterocycles. The van der Waals surface area contributed by atoms with Gasteiger partial charge in [0.15, 0.2) is 0 Å². The molecule has 2 nitrogen and oxygen atoms in total. The molecule has 0 radical (unpaired) electrons. The molecule has 1 aromatic rings. The van der Waals surface area contributed by atoms with E-state index in [4.69, 9.17) is 18.0 Å². The molecule has 106 valence electrons. The lowest BCUT2D eigenvalue weighted by atomic mass is 9.81. The molecule has 1 rings (SSSR count). The van der Waals surface area contributed by atoms with Crippen LogP contribution in [0.4, 0.5) is 10.1 Å². The van der Waals surface area contributed by atoms with Gasteiger partial charge in [0.1, 0.15) is 10.8 Å². The van der Waals surface area contributed by atoms with E-state index in [9.17, 15) is 4.39 Å². The zero-order valence-corrected chi connectivity index (χ0v) is 13.1. The second-order valence-electron chi connectivity index (χ2n) is 6.81. The quantitative estimate of drug-likeness (QED) is 0.817. The van der Waals surface area contributed by atoms with Crippen LogP contribution < -0.4 is 11.1 Å². The van der Waals surface area contributed by atoms with Gasteiger partial charge in [-0.25, -0.2) is 4.39 Å². The van der Waals surface area contributed by atoms with Crippen molar-refractivity contribution in [1.29, 1.82) is 0 Å². The van der Waals surface area contributed by atoms with Crippen molar-refractivity contribution in [2.75, 3.05) is 5.32 Å². The summed E-state index contributed by atoms with van der Waals surface area (Å²) in [6.45, 7) is 10.8. The first-order valence-electron chi connectivity index (χ1n) is 6.38. The number of thiocarbonyl (C=S) groups is 1. The van der Waals surface area contributed by atoms with E-state index in [1.807, 2.05) is 6.07 Å². The Labute approximate surface area is 120 Å². The highest BCUT2D eigenvalue weighted by molar-refractivity contribution is 7.80. The van der Waals surface area contributed by atoms with Crippen LogP contribution in [0.5, 0.6) is 0 Å². The molecule has 0 fully saturated rings. The molecule has 0 aliphatic rings. The van der Waals surface area contributed by atoms with Gasteiger partial charge >= 0.3 is 0 Å². The predicted molar refractivity (Wildman–Crippen MR) is 84.1 cm³/mol. The smallest absolute Gasteiger partial charge is 0.135 e. The second-order valence-corrected chi connectivity index (χ2v) is 7.25. The molecule has 19 heavy (non-hydrogen) atoms. The Morgan fingerprint density at radius 1 is 1.26 bits per heavy atom. The zero-order chi connectivity index (χ0) is 14.8. The van der Waals surface area contributed by atoms with Crippen molar-refractivity contribution in [1.82, 2.24) is 0 Å². The fourth-order valence-electron chi connectivity index (χ4n) is 2.55. The van der Waals surface area contributed by atoms with Gasteiger partial charge in [0.25, 0.3) is 0 Å². The number of nitrogens with one attached hydrogen (secondary N) is 1. The maximum absolute atomic E-state index is 13.8. The Bertz CT molecular complexity index is 476. The summed E-state index contributed by atoms with van der Waals surface area (Å²) in [7, 11) is 0. The SMILES string of the molecule is CC(C)(C)CC(C)(C)Nc1ccc(C(N)=S)c(F)c1. The third-order valence-corrected chi connectivity index (χ3v) is 2.91. The molecule has 0 aliphatic carbocycles. The largest absolute Gasteiger partial charge is 0.389 e. The molecular formula is C15H23FN2S. The van der Waals surface area contributed by atoms with E-state index < -0.39 is 0 Å². The molecule has 0 aliphatic heterocycles. The number of anilines is 1. The lowest BCUT2D eigenvalue weighted by molar-refractivity contribution is 0.302. The van der Waals surface area contributed by atoms with Gasteiger partial charge in [-0.3, -0.25) is 0 Å². The van der Waals surface area contributed by atoms with Crippen LogP contribution in [0.1, 0.15) is 46.6 Å². The second kappa shape index (κ2) is 5.45. The molecular weight excluding hydrogens is 259 g/mol. The molecule has 1 aromatic carbocycles. The van der Waals surface area contributed by atoms with Crippen molar-refractivity contribution < 1.29 is 4.39 Å². The monoisotopic (exact) mass is 282 g/mol. The molecule has 0 aromatic heterocycles. The average Bonchev–Trinajstić information content (AvgIpc) is 2.11. The van der Waals surface area contributed by atoms with E-state index in [1.165, 1.54) is 6.07 Å². The Morgan fingerprint density at radius 3 is 2.26 bits per heavy atom. The van der Waals surface area contributed by atoms with Crippen LogP contribution in [0.25, 0.3) is 0 Å². The number of rotatable bonds is 4. The molecule has 0 bridgehead atoms. The van der Waals surface area contributed by atoms with Crippen LogP contribution in [0, 0.1) is 11.2 Å². The minimum atomic E-state index is -0.385. The van der Waals surface area contributed by atoms with E-state index in [2.05, 4.69) is 39.9 Å². The van der Waals surface area contributed by atoms with Gasteiger partial charge in [0.2, 0.25) is 0 Å². The zero-order valence-electron chi connectivity index (χ0n) is 12.3. The predicted octanol–water partition coefficient (Wildman–Crippen LogP) is 4.09. The first-order chi connectivity index (χ1) is 8.50. The van der Waals surface area contributed by atoms with Crippen LogP contribution in [0.15, 0.2) is 18.2 Å². The number of hydrogen-bond donors (Lipinski definition) is 2. The summed E-state index contributed by atoms with van der Waals surface area (Å²) in [6.07, 6.45) is 0.971. The fourth-order valence-corrected chi connectivity index (χ4v) is 2.72. The number of halogens is 1. The van der Waals surface area contributed by atoms with Crippen molar-refractivity contribution in [3.63, 3.8) is 0 Å². The topological polar surface area (TPSA) is 38.0 Å². The first kappa shape index (κ1) is 15.9. The molecule has 4 heteroatoms. The highest BCUT2D eigenvalue weighted by atomic mass is 32.1. The summed E-state index contributed by atoms with van der Waals surface area (Å²) in [6, 6.07) is 4.87. The molecule has 0 saturated heterocycles. The third kappa shape index (κ3) is 5.15. The third-order valence-electron chi connectivity index (χ3n) is 2.69. The van der Waals surface area contributed by atoms with Gasteiger partial charge in [0, 0.05) is 16.8 Å². The van der Waals surface area contributed by atoms with Gasteiger partial charge < -0.3 is 11.1 Å². The van der Waals surface area contributed by atoms with E-state index in [0.29, 0.717) is 0 Å². The standard InChI is InChI=1S/C15H23FN2S/c1-14(2,3)9-15(4,5)18-10-6-7-11(13(17)19)12(16)8-10/h6-8,18H,9H2,1-5H3,(H2,17,19). The molecule has 0 amide bonds. The van der Waals surface area contributed by atoms with Crippen LogP contribution in [-0.2, 0) is 0 Å². The van der Waals surface area contributed by atoms with Crippen LogP contribution in [0.2, 0.25) is 0 Å². The summed E-state index contributed by atoms with van der Waals surface area (Å²) in [5.74, 6) is -0.385. The van der Waals surface area contributed by atoms with Crippen molar-refractivity contribution in [2.45, 2.75) is 46.6 Å². The molecule has 0 atom stereocenters. The minimum absolute atomic E-state index is 0.0815. The normalized spacial score (nSPS) is 12.3. The Balaban J connectivity index is 2.88. The Kier molecular flexibility index (Phi) is 4.56. The fraction of sp³-hybridized carbons (Fsp3) is 0.533. The molecule has 3 N–H and O–H groups in total. The van der Waals surface area contributed by atoms with Gasteiger partial charge in [-0.1, -0.05) is 33.0 Å². The highest BCUT2D eigenvalue weighted by Crippen LogP contribution is 2.30. The highest BCUT2D eigenvalue weighted by Gasteiger charge is 2.25. The van der Waals surface area contributed by atoms with Crippen molar-refractivity contribution in [3.05, 3.63) is 29.6 Å². The lowest BCUT2D eigenvalue weighted by Gasteiger charge is -2.34. The summed E-state index contributed by atoms with van der Waals surface area (Å²) in [5, 5.41) is 3.36. The summed E-state index contributed by atoms with van der Waals surface area (Å²) in [4.78, 5) is 0.0815. The average molecular weight is 282 g/mol. The van der Waals surface area contributed by atoms with Crippen molar-refractivity contribution in [3.8, 4) is 0 Å². The van der Waals surface area contributed by atoms with Crippen LogP contribution in [0.3, 0.4) is 0 Å². The maximum atomic E-state index is 13.8. The number of hydrogen-bond acceptors (Lipinski definition) is 2. The molecule has 0 saturated carbocycles. The van der Waals surface area contributed by atoms with Gasteiger partial charge in [0.05, 0.1) is 0 Å². The summed E-state index contributed by atoms with van der Waals surface area (Å²) in [5.41, 5.74) is 6.56. The van der Waals surface area contributed by atoms with Gasteiger partial charge in [-0.2, -0.15) is 0 Å². The van der Waals surface area contributed by atoms with E-state index >= 15 is 0 Å². The van der Waals surface area contributed by atoms with E-state index in [0.717, 1.165) is 12.1 Å². The van der Waals surface area contributed by atoms with Gasteiger partial charge in [-0.15, -0.1) is 0 Å². The lowest BCUT2D eigenvalue weighted by Crippen LogP contribution is -2.35. The summed E-state index contributed by atoms with van der Waals surface area (Å²) < 4.78 is 13.8. The maximum Gasteiger partial charge on any atom is 0.135 e. The Hall–Kier alpha value is -1.16. The number of nitrogens with two attached hydrogens (primary N) is 1. The first-order valence-corrected chi connectivity index (χ1v) is 6.79. The molecule has 0 unspecified atom stereocenters. The van der Waals surface area contributed by atoms with Crippen LogP contribution in [-0.4, -0.2) is 10.5 Å². The van der Waals surface area contributed by atoms with E-state index in [1.54, 1.807) is 6.07 Å².